The molecule has 0 radical (unpaired) electrons. The average molecular weight is 607 g/mol. The molecule has 11 atom stereocenters. The van der Waals surface area contributed by atoms with Crippen molar-refractivity contribution < 1.29 is 39.1 Å². The molecule has 0 aromatic carbocycles. The highest BCUT2D eigenvalue weighted by Crippen LogP contribution is 2.41. The van der Waals surface area contributed by atoms with Crippen LogP contribution in [0.2, 0.25) is 0 Å². The van der Waals surface area contributed by atoms with E-state index in [1.165, 1.54) is 14.2 Å². The van der Waals surface area contributed by atoms with E-state index in [1.54, 1.807) is 26.0 Å². The van der Waals surface area contributed by atoms with E-state index in [1.807, 2.05) is 45.9 Å². The van der Waals surface area contributed by atoms with Crippen LogP contribution in [0, 0.1) is 35.5 Å². The Morgan fingerprint density at radius 3 is 2.28 bits per heavy atom. The second-order valence-corrected chi connectivity index (χ2v) is 13.4. The van der Waals surface area contributed by atoms with Gasteiger partial charge < -0.3 is 34.3 Å². The number of carbonyl (C=O) groups is 1. The normalized spacial score (nSPS) is 35.7. The molecule has 1 fully saturated rings. The van der Waals surface area contributed by atoms with Crippen LogP contribution in [0.4, 0.5) is 0 Å². The molecule has 11 unspecified atom stereocenters. The van der Waals surface area contributed by atoms with E-state index < -0.39 is 48.0 Å². The van der Waals surface area contributed by atoms with Crippen molar-refractivity contribution in [1.82, 2.24) is 0 Å². The SMILES string of the molecule is COC1=CC(C)=CC(C)C(O)C(C)CC(C)=CC=CC(OC)C(C(C)C(O)C(C)C2(O)CCC(C)C(C(C)C)O2)OC1=O. The minimum Gasteiger partial charge on any atom is -0.490 e. The number of cyclic esters (lactones) is 1. The number of hydrogen-bond donors (Lipinski definition) is 3. The number of carbonyl (C=O) groups excluding carboxylic acids is 1. The van der Waals surface area contributed by atoms with Gasteiger partial charge in [0.1, 0.15) is 12.2 Å². The first-order valence-electron chi connectivity index (χ1n) is 15.8. The van der Waals surface area contributed by atoms with E-state index in [2.05, 4.69) is 20.8 Å². The van der Waals surface area contributed by atoms with E-state index in [0.29, 0.717) is 18.8 Å². The number of hydrogen-bond acceptors (Lipinski definition) is 8. The summed E-state index contributed by atoms with van der Waals surface area (Å²) in [6, 6.07) is 0. The molecule has 2 aliphatic rings. The fraction of sp³-hybridized carbons (Fsp3) is 0.743. The molecular formula is C35H58O8. The number of allylic oxidation sites excluding steroid dienone is 5. The van der Waals surface area contributed by atoms with E-state index in [-0.39, 0.29) is 29.6 Å². The second kappa shape index (κ2) is 16.4. The number of esters is 1. The second-order valence-electron chi connectivity index (χ2n) is 13.4. The number of aliphatic hydroxyl groups excluding tert-OH is 2. The molecule has 8 heteroatoms. The van der Waals surface area contributed by atoms with Crippen molar-refractivity contribution in [1.29, 1.82) is 0 Å². The van der Waals surface area contributed by atoms with Crippen molar-refractivity contribution in [2.75, 3.05) is 14.2 Å². The highest BCUT2D eigenvalue weighted by Gasteiger charge is 2.49. The summed E-state index contributed by atoms with van der Waals surface area (Å²) in [6.45, 7) is 17.7. The first-order chi connectivity index (χ1) is 20.1. The third-order valence-electron chi connectivity index (χ3n) is 9.39. The van der Waals surface area contributed by atoms with Crippen LogP contribution in [-0.2, 0) is 23.7 Å². The summed E-state index contributed by atoms with van der Waals surface area (Å²) in [7, 11) is 2.93. The molecule has 0 spiro atoms. The molecule has 8 nitrogen and oxygen atoms in total. The molecule has 0 aromatic rings. The lowest BCUT2D eigenvalue weighted by Gasteiger charge is -2.47. The minimum absolute atomic E-state index is 0.00658. The standard InChI is InChI=1S/C35H58O8/c1-20(2)32-23(5)15-16-35(39,43-32)27(9)31(37)26(8)33-28(40-10)14-12-13-21(3)17-24(6)30(36)25(7)18-22(4)19-29(41-11)34(38)42-33/h12-14,18-20,23-28,30-33,36-37,39H,15-17H2,1-11H3. The van der Waals surface area contributed by atoms with Crippen molar-refractivity contribution in [2.45, 2.75) is 118 Å². The molecule has 2 rings (SSSR count). The molecule has 0 saturated carbocycles. The lowest BCUT2D eigenvalue weighted by Crippen LogP contribution is -2.55. The van der Waals surface area contributed by atoms with Gasteiger partial charge in [0.05, 0.1) is 25.4 Å². The van der Waals surface area contributed by atoms with Gasteiger partial charge >= 0.3 is 5.97 Å². The minimum atomic E-state index is -1.52. The van der Waals surface area contributed by atoms with Gasteiger partial charge in [0.15, 0.2) is 5.79 Å². The van der Waals surface area contributed by atoms with Crippen molar-refractivity contribution >= 4 is 5.97 Å². The van der Waals surface area contributed by atoms with Crippen LogP contribution in [0.1, 0.15) is 81.6 Å². The summed E-state index contributed by atoms with van der Waals surface area (Å²) >= 11 is 0. The highest BCUT2D eigenvalue weighted by molar-refractivity contribution is 5.87. The maximum absolute atomic E-state index is 13.5. The first kappa shape index (κ1) is 37.2. The topological polar surface area (TPSA) is 115 Å². The number of methoxy groups -OCH3 is 2. The predicted molar refractivity (Wildman–Crippen MR) is 169 cm³/mol. The Bertz CT molecular complexity index is 1030. The average Bonchev–Trinajstić information content (AvgIpc) is 2.95. The van der Waals surface area contributed by atoms with Crippen molar-refractivity contribution in [3.05, 3.63) is 47.3 Å². The smallest absolute Gasteiger partial charge is 0.373 e. The van der Waals surface area contributed by atoms with Gasteiger partial charge in [-0.15, -0.1) is 0 Å². The van der Waals surface area contributed by atoms with E-state index in [4.69, 9.17) is 18.9 Å². The molecule has 246 valence electrons. The van der Waals surface area contributed by atoms with Crippen LogP contribution in [-0.4, -0.2) is 71.8 Å². The Labute approximate surface area is 259 Å². The number of ether oxygens (including phenoxy) is 4. The first-order valence-corrected chi connectivity index (χ1v) is 15.8. The van der Waals surface area contributed by atoms with E-state index in [0.717, 1.165) is 17.6 Å². The molecule has 1 saturated heterocycles. The molecule has 0 aromatic heterocycles. The van der Waals surface area contributed by atoms with Crippen LogP contribution in [0.5, 0.6) is 0 Å². The lowest BCUT2D eigenvalue weighted by molar-refractivity contribution is -0.311. The zero-order valence-electron chi connectivity index (χ0n) is 28.2. The molecule has 3 N–H and O–H groups in total. The molecule has 0 amide bonds. The summed E-state index contributed by atoms with van der Waals surface area (Å²) in [6.07, 6.45) is 7.60. The zero-order valence-corrected chi connectivity index (χ0v) is 28.2. The van der Waals surface area contributed by atoms with Crippen LogP contribution in [0.25, 0.3) is 0 Å². The molecule has 0 aliphatic carbocycles. The lowest BCUT2D eigenvalue weighted by atomic mass is 9.77. The highest BCUT2D eigenvalue weighted by atomic mass is 16.6. The van der Waals surface area contributed by atoms with Gasteiger partial charge in [-0.2, -0.15) is 0 Å². The zero-order chi connectivity index (χ0) is 32.6. The Hall–Kier alpha value is -1.97. The monoisotopic (exact) mass is 606 g/mol. The fourth-order valence-electron chi connectivity index (χ4n) is 6.55. The summed E-state index contributed by atoms with van der Waals surface area (Å²) in [5.74, 6) is -3.18. The van der Waals surface area contributed by atoms with Crippen LogP contribution in [0.15, 0.2) is 47.3 Å². The van der Waals surface area contributed by atoms with Crippen molar-refractivity contribution in [3.63, 3.8) is 0 Å². The van der Waals surface area contributed by atoms with Crippen LogP contribution >= 0.6 is 0 Å². The molecule has 0 bridgehead atoms. The van der Waals surface area contributed by atoms with Crippen molar-refractivity contribution in [3.8, 4) is 0 Å². The maximum atomic E-state index is 13.5. The Balaban J connectivity index is 2.50. The molecule has 43 heavy (non-hydrogen) atoms. The molecule has 2 aliphatic heterocycles. The summed E-state index contributed by atoms with van der Waals surface area (Å²) in [5, 5.41) is 34.2. The largest absolute Gasteiger partial charge is 0.490 e. The van der Waals surface area contributed by atoms with Gasteiger partial charge in [-0.05, 0) is 50.5 Å². The van der Waals surface area contributed by atoms with Crippen LogP contribution in [0.3, 0.4) is 0 Å². The van der Waals surface area contributed by atoms with Gasteiger partial charge in [0.25, 0.3) is 0 Å². The van der Waals surface area contributed by atoms with Gasteiger partial charge in [0.2, 0.25) is 5.76 Å². The van der Waals surface area contributed by atoms with Gasteiger partial charge in [-0.25, -0.2) is 4.79 Å². The Morgan fingerprint density at radius 2 is 1.70 bits per heavy atom. The third-order valence-corrected chi connectivity index (χ3v) is 9.39. The molecular weight excluding hydrogens is 548 g/mol. The Kier molecular flexibility index (Phi) is 14.2. The van der Waals surface area contributed by atoms with Gasteiger partial charge in [0, 0.05) is 31.3 Å². The number of aliphatic hydroxyl groups is 3. The third kappa shape index (κ3) is 9.76. The fourth-order valence-corrected chi connectivity index (χ4v) is 6.55. The summed E-state index contributed by atoms with van der Waals surface area (Å²) in [4.78, 5) is 13.5. The van der Waals surface area contributed by atoms with Gasteiger partial charge in [-0.1, -0.05) is 83.9 Å². The van der Waals surface area contributed by atoms with E-state index >= 15 is 0 Å². The molecule has 2 heterocycles. The Morgan fingerprint density at radius 1 is 1.05 bits per heavy atom. The van der Waals surface area contributed by atoms with Crippen LogP contribution < -0.4 is 0 Å². The predicted octanol–water partition coefficient (Wildman–Crippen LogP) is 5.72. The number of rotatable bonds is 7. The van der Waals surface area contributed by atoms with Crippen molar-refractivity contribution in [2.24, 2.45) is 35.5 Å². The summed E-state index contributed by atoms with van der Waals surface area (Å²) < 4.78 is 23.5. The maximum Gasteiger partial charge on any atom is 0.373 e. The van der Waals surface area contributed by atoms with Gasteiger partial charge in [-0.3, -0.25) is 0 Å². The van der Waals surface area contributed by atoms with E-state index in [9.17, 15) is 20.1 Å². The summed E-state index contributed by atoms with van der Waals surface area (Å²) in [5.41, 5.74) is 1.83. The quantitative estimate of drug-likeness (QED) is 0.315.